The Balaban J connectivity index is 2.09. The number of amides is 1. The molecule has 1 amide bonds. The number of pyridine rings is 1. The predicted molar refractivity (Wildman–Crippen MR) is 98.3 cm³/mol. The molecule has 1 heterocycles. The van der Waals surface area contributed by atoms with Gasteiger partial charge in [0.05, 0.1) is 12.7 Å². The van der Waals surface area contributed by atoms with Crippen molar-refractivity contribution in [1.29, 1.82) is 5.26 Å². The number of aliphatic hydroxyl groups excluding tert-OH is 1. The zero-order valence-corrected chi connectivity index (χ0v) is 15.3. The highest BCUT2D eigenvalue weighted by atomic mass is 35.5. The summed E-state index contributed by atoms with van der Waals surface area (Å²) < 4.78 is 0. The third-order valence-corrected chi connectivity index (χ3v) is 4.07. The molecule has 3 N–H and O–H groups in total. The van der Waals surface area contributed by atoms with Crippen molar-refractivity contribution in [2.75, 3.05) is 6.61 Å². The minimum Gasteiger partial charge on any atom is -0.508 e. The number of nitrogens with zero attached hydrogens (tertiary/aromatic N) is 2. The molecule has 7 nitrogen and oxygen atoms in total. The third kappa shape index (κ3) is 5.51. The summed E-state index contributed by atoms with van der Waals surface area (Å²) in [5.41, 5.74) is -0.410. The number of hydrogen-bond donors (Lipinski definition) is 3. The molecular formula is C19H18ClN3O4. The number of carbonyl (C=O) groups excluding carboxylic acids is 2. The van der Waals surface area contributed by atoms with Crippen LogP contribution < -0.4 is 5.32 Å². The molecule has 2 aromatic rings. The Morgan fingerprint density at radius 3 is 2.70 bits per heavy atom. The van der Waals surface area contributed by atoms with Crippen LogP contribution in [-0.4, -0.2) is 39.0 Å². The third-order valence-electron chi connectivity index (χ3n) is 3.84. The molecule has 2 rings (SSSR count). The van der Waals surface area contributed by atoms with E-state index in [2.05, 4.69) is 10.3 Å². The highest BCUT2D eigenvalue weighted by Crippen LogP contribution is 2.22. The van der Waals surface area contributed by atoms with Gasteiger partial charge in [-0.1, -0.05) is 11.6 Å². The number of benzene rings is 1. The molecule has 0 fully saturated rings. The van der Waals surface area contributed by atoms with Crippen molar-refractivity contribution in [3.8, 4) is 11.8 Å². The van der Waals surface area contributed by atoms with E-state index >= 15 is 0 Å². The number of aromatic nitrogens is 1. The maximum Gasteiger partial charge on any atom is 0.271 e. The number of nitrogens with one attached hydrogen (secondary N) is 1. The van der Waals surface area contributed by atoms with Crippen LogP contribution >= 0.6 is 11.6 Å². The molecule has 0 aliphatic carbocycles. The summed E-state index contributed by atoms with van der Waals surface area (Å²) in [5, 5.41) is 30.8. The van der Waals surface area contributed by atoms with E-state index in [-0.39, 0.29) is 30.1 Å². The van der Waals surface area contributed by atoms with Crippen LogP contribution in [0.2, 0.25) is 5.02 Å². The van der Waals surface area contributed by atoms with Crippen LogP contribution in [0.15, 0.2) is 36.5 Å². The zero-order valence-electron chi connectivity index (χ0n) is 14.6. The number of halogens is 1. The van der Waals surface area contributed by atoms with Crippen LogP contribution in [0.25, 0.3) is 0 Å². The average molecular weight is 388 g/mol. The van der Waals surface area contributed by atoms with E-state index in [1.54, 1.807) is 6.07 Å². The van der Waals surface area contributed by atoms with Gasteiger partial charge in [0.2, 0.25) is 0 Å². The molecule has 27 heavy (non-hydrogen) atoms. The average Bonchev–Trinajstić information content (AvgIpc) is 2.64. The number of aliphatic hydroxyl groups is 1. The second kappa shape index (κ2) is 8.62. The van der Waals surface area contributed by atoms with E-state index < -0.39 is 18.1 Å². The molecule has 0 bridgehead atoms. The Labute approximate surface area is 161 Å². The molecule has 0 saturated carbocycles. The Kier molecular flexibility index (Phi) is 6.50. The summed E-state index contributed by atoms with van der Waals surface area (Å²) in [4.78, 5) is 28.5. The van der Waals surface area contributed by atoms with Crippen molar-refractivity contribution in [1.82, 2.24) is 10.3 Å². The van der Waals surface area contributed by atoms with Gasteiger partial charge in [-0.15, -0.1) is 0 Å². The quantitative estimate of drug-likeness (QED) is 0.665. The van der Waals surface area contributed by atoms with Gasteiger partial charge in [0.15, 0.2) is 0 Å². The van der Waals surface area contributed by atoms with Gasteiger partial charge in [-0.25, -0.2) is 0 Å². The molecule has 0 spiro atoms. The van der Waals surface area contributed by atoms with Crippen molar-refractivity contribution in [2.24, 2.45) is 0 Å². The predicted octanol–water partition coefficient (Wildman–Crippen LogP) is 1.80. The molecule has 8 heteroatoms. The summed E-state index contributed by atoms with van der Waals surface area (Å²) in [6, 6.07) is 9.34. The lowest BCUT2D eigenvalue weighted by Crippen LogP contribution is -2.48. The van der Waals surface area contributed by atoms with E-state index in [1.165, 1.54) is 37.4 Å². The molecule has 0 radical (unpaired) electrons. The largest absolute Gasteiger partial charge is 0.508 e. The fourth-order valence-corrected chi connectivity index (χ4v) is 2.52. The number of rotatable bonds is 7. The first-order valence-corrected chi connectivity index (χ1v) is 8.43. The van der Waals surface area contributed by atoms with Gasteiger partial charge in [-0.3, -0.25) is 14.6 Å². The maximum atomic E-state index is 12.3. The monoisotopic (exact) mass is 387 g/mol. The number of phenolic OH excluding ortho intramolecular Hbond substituents is 1. The van der Waals surface area contributed by atoms with E-state index in [1.807, 2.05) is 6.07 Å². The molecule has 1 aromatic carbocycles. The molecule has 1 unspecified atom stereocenters. The number of carbonyl (C=O) groups is 2. The zero-order chi connectivity index (χ0) is 20.0. The van der Waals surface area contributed by atoms with E-state index in [0.29, 0.717) is 16.1 Å². The first kappa shape index (κ1) is 20.4. The molecule has 1 atom stereocenters. The van der Waals surface area contributed by atoms with Gasteiger partial charge in [0.25, 0.3) is 5.91 Å². The second-order valence-electron chi connectivity index (χ2n) is 6.27. The van der Waals surface area contributed by atoms with Gasteiger partial charge >= 0.3 is 0 Å². The van der Waals surface area contributed by atoms with E-state index in [4.69, 9.17) is 16.9 Å². The Morgan fingerprint density at radius 2 is 2.04 bits per heavy atom. The molecule has 140 valence electrons. The Hall–Kier alpha value is -2.95. The Morgan fingerprint density at radius 1 is 1.30 bits per heavy atom. The topological polar surface area (TPSA) is 123 Å². The molecule has 0 aliphatic rings. The number of phenols is 1. The summed E-state index contributed by atoms with van der Waals surface area (Å²) in [6.07, 6.45) is 1.41. The number of Topliss-reactive ketones (excluding diaryl/α,β-unsaturated/α-hetero) is 1. The fourth-order valence-electron chi connectivity index (χ4n) is 2.32. The summed E-state index contributed by atoms with van der Waals surface area (Å²) >= 11 is 5.88. The first-order chi connectivity index (χ1) is 12.8. The summed E-state index contributed by atoms with van der Waals surface area (Å²) in [5.74, 6) is -0.820. The number of nitriles is 1. The van der Waals surface area contributed by atoms with Gasteiger partial charge in [0.1, 0.15) is 22.8 Å². The van der Waals surface area contributed by atoms with Crippen LogP contribution in [0.5, 0.6) is 5.75 Å². The molecule has 1 aromatic heterocycles. The summed E-state index contributed by atoms with van der Waals surface area (Å²) in [6.45, 7) is 0.840. The first-order valence-electron chi connectivity index (χ1n) is 8.05. The van der Waals surface area contributed by atoms with Crippen molar-refractivity contribution in [3.05, 3.63) is 58.4 Å². The van der Waals surface area contributed by atoms with Gasteiger partial charge in [0, 0.05) is 29.6 Å². The number of ketones is 1. The van der Waals surface area contributed by atoms with Crippen LogP contribution in [0.4, 0.5) is 0 Å². The molecule has 0 aliphatic heterocycles. The van der Waals surface area contributed by atoms with Gasteiger partial charge in [-0.2, -0.15) is 5.26 Å². The van der Waals surface area contributed by atoms with Crippen molar-refractivity contribution < 1.29 is 19.8 Å². The number of hydrogen-bond acceptors (Lipinski definition) is 6. The minimum atomic E-state index is -1.42. The number of aromatic hydroxyl groups is 1. The molecule has 0 saturated heterocycles. The highest BCUT2D eigenvalue weighted by molar-refractivity contribution is 6.30. The van der Waals surface area contributed by atoms with Crippen LogP contribution in [0.3, 0.4) is 0 Å². The fraction of sp³-hybridized carbons (Fsp3) is 0.263. The maximum absolute atomic E-state index is 12.3. The van der Waals surface area contributed by atoms with Crippen molar-refractivity contribution in [3.63, 3.8) is 0 Å². The molecular weight excluding hydrogens is 370 g/mol. The van der Waals surface area contributed by atoms with Crippen LogP contribution in [0, 0.1) is 11.3 Å². The van der Waals surface area contributed by atoms with Crippen molar-refractivity contribution >= 4 is 23.3 Å². The van der Waals surface area contributed by atoms with Crippen molar-refractivity contribution in [2.45, 2.75) is 25.3 Å². The van der Waals surface area contributed by atoms with E-state index in [9.17, 15) is 19.8 Å². The lowest BCUT2D eigenvalue weighted by Gasteiger charge is -2.20. The second-order valence-corrected chi connectivity index (χ2v) is 6.71. The standard InChI is InChI=1S/C19H18ClN3O4/c1-19(10-21,11-24)23-18(27)16-7-12(4-5-22-16)6-15(25)9-13-8-14(20)2-3-17(13)26/h2-5,7-8,24,26H,6,9,11H2,1H3,(H,23,27). The highest BCUT2D eigenvalue weighted by Gasteiger charge is 2.26. The van der Waals surface area contributed by atoms with Crippen LogP contribution in [0.1, 0.15) is 28.5 Å². The van der Waals surface area contributed by atoms with Crippen LogP contribution in [-0.2, 0) is 17.6 Å². The SMILES string of the molecule is CC(C#N)(CO)NC(=O)c1cc(CC(=O)Cc2cc(Cl)ccc2O)ccn1. The minimum absolute atomic E-state index is 0.00668. The lowest BCUT2D eigenvalue weighted by atomic mass is 10.0. The van der Waals surface area contributed by atoms with E-state index in [0.717, 1.165) is 0 Å². The lowest BCUT2D eigenvalue weighted by molar-refractivity contribution is -0.117. The summed E-state index contributed by atoms with van der Waals surface area (Å²) in [7, 11) is 0. The van der Waals surface area contributed by atoms with Gasteiger partial charge in [-0.05, 0) is 42.8 Å². The Bertz CT molecular complexity index is 910. The van der Waals surface area contributed by atoms with Gasteiger partial charge < -0.3 is 15.5 Å². The normalized spacial score (nSPS) is 12.7. The smallest absolute Gasteiger partial charge is 0.271 e.